The van der Waals surface area contributed by atoms with Gasteiger partial charge in [-0.3, -0.25) is 4.99 Å². The minimum absolute atomic E-state index is 0.0626. The quantitative estimate of drug-likeness (QED) is 0.530. The molecule has 26 heavy (non-hydrogen) atoms. The summed E-state index contributed by atoms with van der Waals surface area (Å²) < 4.78 is 26.0. The SMILES string of the molecule is CCN(CC)S(=O)(=O)CCNC(=NC)N(C)Cc1nc2c(s1)CCCC2. The van der Waals surface area contributed by atoms with Crippen molar-refractivity contribution in [3.8, 4) is 0 Å². The summed E-state index contributed by atoms with van der Waals surface area (Å²) in [6.07, 6.45) is 4.73. The smallest absolute Gasteiger partial charge is 0.215 e. The Labute approximate surface area is 161 Å². The van der Waals surface area contributed by atoms with Crippen LogP contribution in [0.2, 0.25) is 0 Å². The maximum atomic E-state index is 12.3. The number of sulfonamides is 1. The van der Waals surface area contributed by atoms with Crippen LogP contribution in [0.5, 0.6) is 0 Å². The Morgan fingerprint density at radius 3 is 2.58 bits per heavy atom. The second-order valence-electron chi connectivity index (χ2n) is 6.41. The van der Waals surface area contributed by atoms with Crippen LogP contribution in [0.4, 0.5) is 0 Å². The van der Waals surface area contributed by atoms with E-state index in [0.29, 0.717) is 32.1 Å². The fourth-order valence-electron chi connectivity index (χ4n) is 3.17. The topological polar surface area (TPSA) is 77.9 Å². The molecule has 148 valence electrons. The van der Waals surface area contributed by atoms with Gasteiger partial charge in [0.2, 0.25) is 10.0 Å². The van der Waals surface area contributed by atoms with E-state index in [1.165, 1.54) is 27.7 Å². The lowest BCUT2D eigenvalue weighted by Gasteiger charge is -2.22. The highest BCUT2D eigenvalue weighted by atomic mass is 32.2. The molecule has 0 aromatic carbocycles. The van der Waals surface area contributed by atoms with Gasteiger partial charge in [0.15, 0.2) is 5.96 Å². The molecule has 1 aliphatic carbocycles. The van der Waals surface area contributed by atoms with Crippen molar-refractivity contribution in [3.63, 3.8) is 0 Å². The molecular formula is C17H31N5O2S2. The van der Waals surface area contributed by atoms with Crippen LogP contribution in [-0.4, -0.2) is 68.0 Å². The van der Waals surface area contributed by atoms with Crippen LogP contribution in [0.25, 0.3) is 0 Å². The molecule has 0 saturated carbocycles. The van der Waals surface area contributed by atoms with Crippen LogP contribution in [0.3, 0.4) is 0 Å². The van der Waals surface area contributed by atoms with Crippen molar-refractivity contribution < 1.29 is 8.42 Å². The number of hydrogen-bond acceptors (Lipinski definition) is 5. The molecule has 0 unspecified atom stereocenters. The average molecular weight is 402 g/mol. The van der Waals surface area contributed by atoms with Crippen LogP contribution >= 0.6 is 11.3 Å². The minimum atomic E-state index is -3.23. The molecule has 1 aliphatic rings. The number of fused-ring (bicyclic) bond motifs is 1. The lowest BCUT2D eigenvalue weighted by Crippen LogP contribution is -2.42. The van der Waals surface area contributed by atoms with Gasteiger partial charge < -0.3 is 10.2 Å². The normalized spacial score (nSPS) is 15.2. The second-order valence-corrected chi connectivity index (χ2v) is 9.67. The van der Waals surface area contributed by atoms with Crippen LogP contribution in [0.1, 0.15) is 42.3 Å². The molecule has 1 aromatic rings. The first-order valence-electron chi connectivity index (χ1n) is 9.28. The van der Waals surface area contributed by atoms with Crippen molar-refractivity contribution >= 4 is 27.3 Å². The highest BCUT2D eigenvalue weighted by Gasteiger charge is 2.19. The maximum Gasteiger partial charge on any atom is 0.215 e. The molecule has 7 nitrogen and oxygen atoms in total. The van der Waals surface area contributed by atoms with Crippen LogP contribution in [-0.2, 0) is 29.4 Å². The molecule has 0 amide bonds. The van der Waals surface area contributed by atoms with E-state index in [0.717, 1.165) is 17.8 Å². The zero-order chi connectivity index (χ0) is 19.2. The van der Waals surface area contributed by atoms with E-state index >= 15 is 0 Å². The Hall–Kier alpha value is -1.19. The summed E-state index contributed by atoms with van der Waals surface area (Å²) in [5.41, 5.74) is 1.26. The summed E-state index contributed by atoms with van der Waals surface area (Å²) in [6.45, 7) is 5.73. The highest BCUT2D eigenvalue weighted by Crippen LogP contribution is 2.27. The number of hydrogen-bond donors (Lipinski definition) is 1. The monoisotopic (exact) mass is 401 g/mol. The van der Waals surface area contributed by atoms with E-state index in [9.17, 15) is 8.42 Å². The number of thiazole rings is 1. The summed E-state index contributed by atoms with van der Waals surface area (Å²) >= 11 is 1.79. The van der Waals surface area contributed by atoms with E-state index in [1.807, 2.05) is 25.8 Å². The minimum Gasteiger partial charge on any atom is -0.355 e. The average Bonchev–Trinajstić information content (AvgIpc) is 3.01. The summed E-state index contributed by atoms with van der Waals surface area (Å²) in [5, 5.41) is 4.25. The molecule has 0 spiro atoms. The van der Waals surface area contributed by atoms with Crippen molar-refractivity contribution in [3.05, 3.63) is 15.6 Å². The third-order valence-corrected chi connectivity index (χ3v) is 7.74. The number of aromatic nitrogens is 1. The van der Waals surface area contributed by atoms with E-state index < -0.39 is 10.0 Å². The first-order chi connectivity index (χ1) is 12.4. The van der Waals surface area contributed by atoms with Crippen molar-refractivity contribution in [2.75, 3.05) is 39.5 Å². The van der Waals surface area contributed by atoms with Gasteiger partial charge in [-0.15, -0.1) is 11.3 Å². The van der Waals surface area contributed by atoms with Gasteiger partial charge in [-0.2, -0.15) is 0 Å². The Balaban J connectivity index is 1.89. The molecule has 2 rings (SSSR count). The summed E-state index contributed by atoms with van der Waals surface area (Å²) in [4.78, 5) is 12.5. The van der Waals surface area contributed by atoms with E-state index in [-0.39, 0.29) is 5.75 Å². The maximum absolute atomic E-state index is 12.3. The molecular weight excluding hydrogens is 370 g/mol. The van der Waals surface area contributed by atoms with Gasteiger partial charge in [-0.25, -0.2) is 17.7 Å². The predicted molar refractivity (Wildman–Crippen MR) is 108 cm³/mol. The molecule has 9 heteroatoms. The van der Waals surface area contributed by atoms with Crippen LogP contribution in [0, 0.1) is 0 Å². The zero-order valence-electron chi connectivity index (χ0n) is 16.3. The van der Waals surface area contributed by atoms with Gasteiger partial charge in [0.1, 0.15) is 5.01 Å². The molecule has 0 fully saturated rings. The standard InChI is InChI=1S/C17H31N5O2S2/c1-5-22(6-2)26(23,24)12-11-19-17(18-3)21(4)13-16-20-14-9-7-8-10-15(14)25-16/h5-13H2,1-4H3,(H,18,19). The first kappa shape index (κ1) is 21.1. The summed E-state index contributed by atoms with van der Waals surface area (Å²) in [5.74, 6) is 0.750. The van der Waals surface area contributed by atoms with Gasteiger partial charge >= 0.3 is 0 Å². The number of rotatable bonds is 8. The van der Waals surface area contributed by atoms with Crippen molar-refractivity contribution in [1.29, 1.82) is 0 Å². The Morgan fingerprint density at radius 1 is 1.27 bits per heavy atom. The Morgan fingerprint density at radius 2 is 1.96 bits per heavy atom. The third kappa shape index (κ3) is 5.40. The van der Waals surface area contributed by atoms with E-state index in [2.05, 4.69) is 10.3 Å². The second kappa shape index (κ2) is 9.66. The third-order valence-electron chi connectivity index (χ3n) is 4.58. The fourth-order valence-corrected chi connectivity index (χ4v) is 5.79. The molecule has 0 aliphatic heterocycles. The number of aliphatic imine (C=N–C) groups is 1. The lowest BCUT2D eigenvalue weighted by atomic mass is 10.0. The predicted octanol–water partition coefficient (Wildman–Crippen LogP) is 1.70. The molecule has 0 bridgehead atoms. The Kier molecular flexibility index (Phi) is 7.85. The zero-order valence-corrected chi connectivity index (χ0v) is 17.9. The lowest BCUT2D eigenvalue weighted by molar-refractivity contribution is 0.443. The van der Waals surface area contributed by atoms with E-state index in [1.54, 1.807) is 18.4 Å². The first-order valence-corrected chi connectivity index (χ1v) is 11.7. The molecule has 0 saturated heterocycles. The highest BCUT2D eigenvalue weighted by molar-refractivity contribution is 7.89. The fraction of sp³-hybridized carbons (Fsp3) is 0.765. The molecule has 1 N–H and O–H groups in total. The van der Waals surface area contributed by atoms with Crippen molar-refractivity contribution in [1.82, 2.24) is 19.5 Å². The van der Waals surface area contributed by atoms with Crippen LogP contribution in [0.15, 0.2) is 4.99 Å². The van der Waals surface area contributed by atoms with Crippen molar-refractivity contribution in [2.45, 2.75) is 46.1 Å². The van der Waals surface area contributed by atoms with Crippen LogP contribution < -0.4 is 5.32 Å². The number of nitrogens with zero attached hydrogens (tertiary/aromatic N) is 4. The van der Waals surface area contributed by atoms with Gasteiger partial charge in [-0.05, 0) is 25.7 Å². The van der Waals surface area contributed by atoms with Gasteiger partial charge in [-0.1, -0.05) is 13.8 Å². The molecule has 1 heterocycles. The summed E-state index contributed by atoms with van der Waals surface area (Å²) in [7, 11) is 0.440. The van der Waals surface area contributed by atoms with E-state index in [4.69, 9.17) is 4.98 Å². The summed E-state index contributed by atoms with van der Waals surface area (Å²) in [6, 6.07) is 0. The largest absolute Gasteiger partial charge is 0.355 e. The van der Waals surface area contributed by atoms with Gasteiger partial charge in [0, 0.05) is 38.6 Å². The number of aryl methyl sites for hydroxylation is 2. The molecule has 1 aromatic heterocycles. The Bertz CT molecular complexity index is 687. The molecule has 0 atom stereocenters. The van der Waals surface area contributed by atoms with Gasteiger partial charge in [0.05, 0.1) is 18.0 Å². The molecule has 0 radical (unpaired) electrons. The number of guanidine groups is 1. The van der Waals surface area contributed by atoms with Gasteiger partial charge in [0.25, 0.3) is 0 Å². The van der Waals surface area contributed by atoms with Crippen molar-refractivity contribution in [2.24, 2.45) is 4.99 Å². The number of nitrogens with one attached hydrogen (secondary N) is 1.